The molecule has 4 heterocycles. The average Bonchev–Trinajstić information content (AvgIpc) is 1.07. The van der Waals surface area contributed by atoms with Gasteiger partial charge in [-0.2, -0.15) is 0 Å². The highest BCUT2D eigenvalue weighted by atomic mass is 35.5. The molecule has 11 aromatic rings. The lowest BCUT2D eigenvalue weighted by molar-refractivity contribution is 0.413. The molecule has 0 aliphatic rings. The largest absolute Gasteiger partial charge is 0.506 e. The number of aryl methyl sites for hydroxylation is 4. The van der Waals surface area contributed by atoms with Gasteiger partial charge in [0.15, 0.2) is 0 Å². The maximum Gasteiger partial charge on any atom is 0.241 e. The van der Waals surface area contributed by atoms with Crippen LogP contribution in [-0.4, -0.2) is 47.7 Å². The fourth-order valence-corrected chi connectivity index (χ4v) is 13.0. The number of benzene rings is 7. The molecular formula is C73H62Cl2N5O5S. The maximum absolute atomic E-state index is 13.4. The standard InChI is InChI=1S/C73H62Cl2N5O5S/c1-11-50-55(60-30-27-42(4)78-70(60)52-32-31-51(43(5)44(52)6)59-29-26-41(3)79-71(59)53-33-34-54(73(85-10)45(53)7)48-28-25-40(2)77-39-48)20-15-21-56(50)68-57(35-36-66(72(68)81)86(76,82)83)58-22-16-23-62(69(58)75)67-46(8)80-65(61-19-12-13-24-64(61)74)38-63(67)47-17-14-18-49(37-47)84-9/h12-37,39,81H,11H2,1-10H3,(H2,76,82,83). The topological polar surface area (TPSA) is 150 Å². The highest BCUT2D eigenvalue weighted by Crippen LogP contribution is 2.51. The summed E-state index contributed by atoms with van der Waals surface area (Å²) >= 11 is 14.5. The van der Waals surface area contributed by atoms with Gasteiger partial charge >= 0.3 is 0 Å². The quantitative estimate of drug-likeness (QED) is 0.108. The van der Waals surface area contributed by atoms with E-state index in [1.165, 1.54) is 6.07 Å². The number of phenolic OH excluding ortho intramolecular Hbond substituents is 1. The number of rotatable bonds is 14. The van der Waals surface area contributed by atoms with Crippen LogP contribution < -0.4 is 14.6 Å². The number of primary sulfonamides is 1. The molecule has 0 aliphatic carbocycles. The normalized spacial score (nSPS) is 11.5. The van der Waals surface area contributed by atoms with Gasteiger partial charge in [0, 0.05) is 112 Å². The number of phenols is 1. The first-order valence-corrected chi connectivity index (χ1v) is 30.4. The van der Waals surface area contributed by atoms with Gasteiger partial charge in [0.25, 0.3) is 0 Å². The lowest BCUT2D eigenvalue weighted by Gasteiger charge is -2.23. The number of halogens is 2. The Labute approximate surface area is 513 Å². The number of hydrogen-bond donors (Lipinski definition) is 2. The molecule has 3 N–H and O–H groups in total. The summed E-state index contributed by atoms with van der Waals surface area (Å²) in [6, 6.07) is 54.1. The van der Waals surface area contributed by atoms with Crippen molar-refractivity contribution >= 4 is 33.2 Å². The van der Waals surface area contributed by atoms with Gasteiger partial charge in [0.2, 0.25) is 10.0 Å². The summed E-state index contributed by atoms with van der Waals surface area (Å²) < 4.78 is 38.6. The minimum absolute atomic E-state index is 0.243. The van der Waals surface area contributed by atoms with Crippen LogP contribution in [0.2, 0.25) is 10.0 Å². The van der Waals surface area contributed by atoms with Crippen molar-refractivity contribution in [2.75, 3.05) is 14.2 Å². The van der Waals surface area contributed by atoms with Crippen LogP contribution in [0.15, 0.2) is 169 Å². The van der Waals surface area contributed by atoms with E-state index >= 15 is 0 Å². The van der Waals surface area contributed by atoms with Gasteiger partial charge < -0.3 is 14.6 Å². The third kappa shape index (κ3) is 10.8. The Hall–Kier alpha value is -8.97. The predicted octanol–water partition coefficient (Wildman–Crippen LogP) is 18.1. The molecule has 0 saturated carbocycles. The first-order valence-electron chi connectivity index (χ1n) is 28.1. The minimum atomic E-state index is -4.44. The number of pyridine rings is 4. The molecule has 1 radical (unpaired) electrons. The van der Waals surface area contributed by atoms with E-state index in [1.807, 2.05) is 144 Å². The number of nitrogens with zero attached hydrogens (tertiary/aromatic N) is 4. The molecule has 0 bridgehead atoms. The predicted molar refractivity (Wildman–Crippen MR) is 350 cm³/mol. The van der Waals surface area contributed by atoms with Crippen molar-refractivity contribution in [1.82, 2.24) is 19.9 Å². The zero-order valence-electron chi connectivity index (χ0n) is 49.4. The first-order chi connectivity index (χ1) is 41.3. The molecule has 13 heteroatoms. The van der Waals surface area contributed by atoms with Crippen molar-refractivity contribution in [3.8, 4) is 129 Å². The zero-order valence-corrected chi connectivity index (χ0v) is 51.7. The van der Waals surface area contributed by atoms with E-state index in [4.69, 9.17) is 52.8 Å². The maximum atomic E-state index is 13.4. The van der Waals surface area contributed by atoms with Crippen molar-refractivity contribution in [3.63, 3.8) is 0 Å². The lowest BCUT2D eigenvalue weighted by atomic mass is 9.84. The number of aromatic hydroxyl groups is 1. The molecule has 4 aromatic heterocycles. The number of methoxy groups -OCH3 is 2. The third-order valence-electron chi connectivity index (χ3n) is 16.2. The van der Waals surface area contributed by atoms with Crippen LogP contribution >= 0.6 is 23.2 Å². The van der Waals surface area contributed by atoms with E-state index in [0.29, 0.717) is 72.5 Å². The molecular weight excluding hydrogens is 1130 g/mol. The summed E-state index contributed by atoms with van der Waals surface area (Å²) in [6.07, 6.45) is 2.35. The summed E-state index contributed by atoms with van der Waals surface area (Å²) in [5, 5.41) is 19.3. The van der Waals surface area contributed by atoms with Crippen molar-refractivity contribution in [2.45, 2.75) is 66.7 Å². The molecule has 0 spiro atoms. The summed E-state index contributed by atoms with van der Waals surface area (Å²) in [5.74, 6) is 0.904. The van der Waals surface area contributed by atoms with Crippen LogP contribution in [0.4, 0.5) is 0 Å². The Kier molecular flexibility index (Phi) is 16.3. The highest BCUT2D eigenvalue weighted by Gasteiger charge is 2.29. The third-order valence-corrected chi connectivity index (χ3v) is 17.9. The van der Waals surface area contributed by atoms with E-state index in [-0.39, 0.29) is 5.56 Å². The molecule has 0 aliphatic heterocycles. The van der Waals surface area contributed by atoms with Crippen LogP contribution in [-0.2, 0) is 16.4 Å². The van der Waals surface area contributed by atoms with Gasteiger partial charge in [-0.25, -0.2) is 13.6 Å². The van der Waals surface area contributed by atoms with Crippen molar-refractivity contribution in [1.29, 1.82) is 0 Å². The smallest absolute Gasteiger partial charge is 0.241 e. The Morgan fingerprint density at radius 2 is 1.09 bits per heavy atom. The number of nitrogens with two attached hydrogens (primary N) is 1. The Morgan fingerprint density at radius 3 is 1.74 bits per heavy atom. The fraction of sp³-hybridized carbons (Fsp3) is 0.151. The monoisotopic (exact) mass is 1190 g/mol. The van der Waals surface area contributed by atoms with Crippen molar-refractivity contribution in [2.24, 2.45) is 5.14 Å². The lowest BCUT2D eigenvalue weighted by Crippen LogP contribution is -2.13. The van der Waals surface area contributed by atoms with Gasteiger partial charge in [0.05, 0.1) is 36.3 Å². The molecule has 7 aromatic carbocycles. The van der Waals surface area contributed by atoms with Gasteiger partial charge in [-0.15, -0.1) is 0 Å². The van der Waals surface area contributed by atoms with Crippen LogP contribution in [0.25, 0.3) is 112 Å². The second kappa shape index (κ2) is 23.8. The molecule has 10 nitrogen and oxygen atoms in total. The number of hydrogen-bond acceptors (Lipinski definition) is 9. The molecule has 429 valence electrons. The van der Waals surface area contributed by atoms with Gasteiger partial charge in [-0.1, -0.05) is 139 Å². The average molecular weight is 1190 g/mol. The first kappa shape index (κ1) is 58.8. The van der Waals surface area contributed by atoms with E-state index in [1.54, 1.807) is 20.3 Å². The molecule has 0 atom stereocenters. The molecule has 0 amide bonds. The molecule has 0 saturated heterocycles. The van der Waals surface area contributed by atoms with Crippen LogP contribution in [0.3, 0.4) is 0 Å². The summed E-state index contributed by atoms with van der Waals surface area (Å²) in [4.78, 5) is 19.7. The minimum Gasteiger partial charge on any atom is -0.506 e. The Balaban J connectivity index is 1.06. The van der Waals surface area contributed by atoms with Crippen molar-refractivity contribution < 1.29 is 23.0 Å². The highest BCUT2D eigenvalue weighted by molar-refractivity contribution is 7.89. The summed E-state index contributed by atoms with van der Waals surface area (Å²) in [6.45, 7) is 16.3. The molecule has 86 heavy (non-hydrogen) atoms. The number of sulfonamides is 1. The SMILES string of the molecule is CCc1c(-c2ccc(C)nc2-c2ccc(-c3ccc(C)nc3-c3ccc(-c4ccc(C)nc4)c(OC)c3C)c(C)c2C)cccc1-c1c(-c2cccc(-c3c(-c4cccc(OC)c4)[c]c(-c4ccccc4Cl)nc3C)c2Cl)ccc(S(N)(=O)=O)c1O. The van der Waals surface area contributed by atoms with Crippen molar-refractivity contribution in [3.05, 3.63) is 225 Å². The van der Waals surface area contributed by atoms with E-state index < -0.39 is 20.7 Å². The van der Waals surface area contributed by atoms with Gasteiger partial charge in [-0.3, -0.25) is 19.9 Å². The second-order valence-electron chi connectivity index (χ2n) is 21.5. The number of aromatic nitrogens is 4. The second-order valence-corrected chi connectivity index (χ2v) is 23.8. The van der Waals surface area contributed by atoms with E-state index in [0.717, 1.165) is 107 Å². The molecule has 0 fully saturated rings. The van der Waals surface area contributed by atoms with Gasteiger partial charge in [0.1, 0.15) is 22.1 Å². The zero-order chi connectivity index (χ0) is 60.9. The van der Waals surface area contributed by atoms with E-state index in [2.05, 4.69) is 74.3 Å². The van der Waals surface area contributed by atoms with Crippen LogP contribution in [0.1, 0.15) is 52.0 Å². The molecule has 0 unspecified atom stereocenters. The number of ether oxygens (including phenoxy) is 2. The van der Waals surface area contributed by atoms with Crippen LogP contribution in [0.5, 0.6) is 17.2 Å². The van der Waals surface area contributed by atoms with Gasteiger partial charge in [-0.05, 0) is 148 Å². The Bertz CT molecular complexity index is 4640. The molecule has 11 rings (SSSR count). The summed E-state index contributed by atoms with van der Waals surface area (Å²) in [5.41, 5.74) is 22.2. The summed E-state index contributed by atoms with van der Waals surface area (Å²) in [7, 11) is -1.12. The Morgan fingerprint density at radius 1 is 0.523 bits per heavy atom. The fourth-order valence-electron chi connectivity index (χ4n) is 11.8. The van der Waals surface area contributed by atoms with Crippen LogP contribution in [0, 0.1) is 54.5 Å². The van der Waals surface area contributed by atoms with E-state index in [9.17, 15) is 13.5 Å².